The molecule has 1 N–H and O–H groups in total. The topological polar surface area (TPSA) is 89.5 Å². The van der Waals surface area contributed by atoms with Crippen LogP contribution in [0.15, 0.2) is 53.5 Å². The predicted molar refractivity (Wildman–Crippen MR) is 128 cm³/mol. The van der Waals surface area contributed by atoms with Crippen molar-refractivity contribution in [1.82, 2.24) is 19.7 Å². The van der Waals surface area contributed by atoms with Gasteiger partial charge in [-0.2, -0.15) is 5.10 Å². The van der Waals surface area contributed by atoms with Gasteiger partial charge in [0.25, 0.3) is 11.5 Å². The first-order chi connectivity index (χ1) is 17.1. The molecule has 0 saturated carbocycles. The van der Waals surface area contributed by atoms with E-state index >= 15 is 0 Å². The molecule has 0 radical (unpaired) electrons. The van der Waals surface area contributed by atoms with Crippen molar-refractivity contribution in [2.45, 2.75) is 25.0 Å². The van der Waals surface area contributed by atoms with Gasteiger partial charge in [-0.25, -0.2) is 4.39 Å². The Morgan fingerprint density at radius 1 is 1.09 bits per heavy atom. The van der Waals surface area contributed by atoms with Gasteiger partial charge in [-0.05, 0) is 37.1 Å². The van der Waals surface area contributed by atoms with E-state index in [2.05, 4.69) is 10.1 Å². The molecule has 2 aliphatic rings. The molecule has 1 unspecified atom stereocenters. The van der Waals surface area contributed by atoms with Gasteiger partial charge in [0.1, 0.15) is 11.9 Å². The van der Waals surface area contributed by atoms with E-state index in [1.807, 2.05) is 10.7 Å². The van der Waals surface area contributed by atoms with Gasteiger partial charge in [0.2, 0.25) is 0 Å². The number of halogens is 1. The number of benzene rings is 2. The third-order valence-electron chi connectivity index (χ3n) is 6.95. The number of carbonyl (C=O) groups excluding carboxylic acids is 1. The third kappa shape index (κ3) is 3.90. The maximum absolute atomic E-state index is 14.3. The summed E-state index contributed by atoms with van der Waals surface area (Å²) in [5, 5.41) is 5.90. The second-order valence-corrected chi connectivity index (χ2v) is 9.04. The molecule has 2 aliphatic heterocycles. The summed E-state index contributed by atoms with van der Waals surface area (Å²) in [4.78, 5) is 30.8. The molecule has 2 saturated heterocycles. The molecule has 8 nitrogen and oxygen atoms in total. The number of morpholine rings is 1. The lowest BCUT2D eigenvalue weighted by atomic mass is 10.0. The molecule has 35 heavy (non-hydrogen) atoms. The number of carbonyl (C=O) groups is 1. The average Bonchev–Trinajstić information content (AvgIpc) is 3.35. The lowest BCUT2D eigenvalue weighted by Crippen LogP contribution is -2.42. The summed E-state index contributed by atoms with van der Waals surface area (Å²) >= 11 is 0. The van der Waals surface area contributed by atoms with E-state index in [9.17, 15) is 14.0 Å². The van der Waals surface area contributed by atoms with Gasteiger partial charge < -0.3 is 19.4 Å². The largest absolute Gasteiger partial charge is 0.381 e. The molecule has 9 heteroatoms. The van der Waals surface area contributed by atoms with E-state index in [-0.39, 0.29) is 29.9 Å². The van der Waals surface area contributed by atoms with Crippen LogP contribution in [0.1, 0.15) is 40.9 Å². The molecule has 180 valence electrons. The van der Waals surface area contributed by atoms with Gasteiger partial charge in [0.15, 0.2) is 0 Å². The lowest BCUT2D eigenvalue weighted by Gasteiger charge is -2.33. The van der Waals surface area contributed by atoms with Crippen LogP contribution in [0.25, 0.3) is 21.8 Å². The van der Waals surface area contributed by atoms with Crippen molar-refractivity contribution in [2.75, 3.05) is 32.9 Å². The van der Waals surface area contributed by atoms with E-state index in [0.29, 0.717) is 48.4 Å². The standard InChI is InChI=1S/C26H25FN4O4/c27-21-4-2-1-3-18(21)23-15-30(9-12-35-23)26(33)16-5-6-19-22(13-16)29-25(32)20-14-28-31(24(19)20)17-7-10-34-11-8-17/h1-6,13-14,17,23H,7-12,15H2,(H,29,32). The molecule has 1 atom stereocenters. The molecule has 1 amide bonds. The molecule has 2 aromatic heterocycles. The zero-order chi connectivity index (χ0) is 23.9. The van der Waals surface area contributed by atoms with E-state index in [1.54, 1.807) is 41.4 Å². The minimum atomic E-state index is -0.525. The number of rotatable bonds is 3. The minimum Gasteiger partial charge on any atom is -0.381 e. The summed E-state index contributed by atoms with van der Waals surface area (Å²) in [6, 6.07) is 12.0. The van der Waals surface area contributed by atoms with E-state index < -0.39 is 6.10 Å². The molecule has 2 fully saturated rings. The Balaban J connectivity index is 1.34. The summed E-state index contributed by atoms with van der Waals surface area (Å²) in [6.45, 7) is 2.32. The Hall–Kier alpha value is -3.56. The van der Waals surface area contributed by atoms with Gasteiger partial charge in [-0.3, -0.25) is 14.3 Å². The fourth-order valence-electron chi connectivity index (χ4n) is 5.12. The normalized spacial score (nSPS) is 19.5. The highest BCUT2D eigenvalue weighted by molar-refractivity contribution is 6.06. The molecule has 0 spiro atoms. The Morgan fingerprint density at radius 3 is 2.74 bits per heavy atom. The maximum atomic E-state index is 14.3. The Bertz CT molecular complexity index is 1470. The summed E-state index contributed by atoms with van der Waals surface area (Å²) in [6.07, 6.45) is 2.75. The van der Waals surface area contributed by atoms with Gasteiger partial charge in [-0.15, -0.1) is 0 Å². The second kappa shape index (κ2) is 8.90. The first-order valence-corrected chi connectivity index (χ1v) is 11.9. The number of pyridine rings is 1. The first kappa shape index (κ1) is 21.9. The Kier molecular flexibility index (Phi) is 5.58. The summed E-state index contributed by atoms with van der Waals surface area (Å²) < 4.78 is 27.4. The Labute approximate surface area is 200 Å². The SMILES string of the molecule is O=C(c1ccc2c(c1)[nH]c(=O)c1cnn(C3CCOCC3)c12)N1CCOC(c2ccccc2F)C1. The summed E-state index contributed by atoms with van der Waals surface area (Å²) in [5.41, 5.74) is 2.03. The van der Waals surface area contributed by atoms with Crippen molar-refractivity contribution in [1.29, 1.82) is 0 Å². The zero-order valence-corrected chi connectivity index (χ0v) is 19.1. The molecule has 0 aliphatic carbocycles. The lowest BCUT2D eigenvalue weighted by molar-refractivity contribution is -0.0243. The molecular formula is C26H25FN4O4. The quantitative estimate of drug-likeness (QED) is 0.488. The number of aromatic nitrogens is 3. The number of nitrogens with zero attached hydrogens (tertiary/aromatic N) is 3. The minimum absolute atomic E-state index is 0.163. The number of ether oxygens (including phenoxy) is 2. The highest BCUT2D eigenvalue weighted by Crippen LogP contribution is 2.30. The van der Waals surface area contributed by atoms with Crippen LogP contribution in [-0.4, -0.2) is 58.5 Å². The van der Waals surface area contributed by atoms with Gasteiger partial charge in [-0.1, -0.05) is 18.2 Å². The number of fused-ring (bicyclic) bond motifs is 3. The van der Waals surface area contributed by atoms with Crippen molar-refractivity contribution in [3.05, 3.63) is 76.0 Å². The summed E-state index contributed by atoms with van der Waals surface area (Å²) in [7, 11) is 0. The first-order valence-electron chi connectivity index (χ1n) is 11.9. The van der Waals surface area contributed by atoms with E-state index in [0.717, 1.165) is 23.7 Å². The highest BCUT2D eigenvalue weighted by Gasteiger charge is 2.28. The number of hydrogen-bond acceptors (Lipinski definition) is 5. The van der Waals surface area contributed by atoms with Crippen LogP contribution in [0.4, 0.5) is 4.39 Å². The number of H-pyrrole nitrogens is 1. The van der Waals surface area contributed by atoms with Crippen LogP contribution in [0.2, 0.25) is 0 Å². The van der Waals surface area contributed by atoms with Gasteiger partial charge in [0.05, 0.1) is 41.8 Å². The number of nitrogens with one attached hydrogen (secondary N) is 1. The second-order valence-electron chi connectivity index (χ2n) is 9.04. The van der Waals surface area contributed by atoms with Crippen molar-refractivity contribution < 1.29 is 18.7 Å². The van der Waals surface area contributed by atoms with Crippen molar-refractivity contribution in [2.24, 2.45) is 0 Å². The smallest absolute Gasteiger partial charge is 0.259 e. The Morgan fingerprint density at radius 2 is 1.91 bits per heavy atom. The van der Waals surface area contributed by atoms with Crippen LogP contribution in [-0.2, 0) is 9.47 Å². The molecule has 4 aromatic rings. The van der Waals surface area contributed by atoms with Crippen LogP contribution >= 0.6 is 0 Å². The monoisotopic (exact) mass is 476 g/mol. The van der Waals surface area contributed by atoms with E-state index in [4.69, 9.17) is 9.47 Å². The fourth-order valence-corrected chi connectivity index (χ4v) is 5.12. The van der Waals surface area contributed by atoms with Crippen molar-refractivity contribution in [3.8, 4) is 0 Å². The van der Waals surface area contributed by atoms with Crippen LogP contribution in [0, 0.1) is 5.82 Å². The van der Waals surface area contributed by atoms with Crippen molar-refractivity contribution >= 4 is 27.7 Å². The van der Waals surface area contributed by atoms with E-state index in [1.165, 1.54) is 6.07 Å². The molecule has 2 aromatic carbocycles. The molecule has 6 rings (SSSR count). The van der Waals surface area contributed by atoms with Crippen LogP contribution in [0.3, 0.4) is 0 Å². The molecular weight excluding hydrogens is 451 g/mol. The maximum Gasteiger partial charge on any atom is 0.259 e. The van der Waals surface area contributed by atoms with Gasteiger partial charge >= 0.3 is 0 Å². The van der Waals surface area contributed by atoms with Crippen LogP contribution < -0.4 is 5.56 Å². The number of amides is 1. The zero-order valence-electron chi connectivity index (χ0n) is 19.1. The third-order valence-corrected chi connectivity index (χ3v) is 6.95. The average molecular weight is 477 g/mol. The van der Waals surface area contributed by atoms with Gasteiger partial charge in [0, 0.05) is 36.3 Å². The number of aromatic amines is 1. The molecule has 4 heterocycles. The fraction of sp³-hybridized carbons (Fsp3) is 0.346. The van der Waals surface area contributed by atoms with Crippen molar-refractivity contribution in [3.63, 3.8) is 0 Å². The van der Waals surface area contributed by atoms with Crippen LogP contribution in [0.5, 0.6) is 0 Å². The predicted octanol–water partition coefficient (Wildman–Crippen LogP) is 3.58. The molecule has 0 bridgehead atoms. The highest BCUT2D eigenvalue weighted by atomic mass is 19.1. The number of hydrogen-bond donors (Lipinski definition) is 1. The summed E-state index contributed by atoms with van der Waals surface area (Å²) in [5.74, 6) is -0.532.